The molecule has 3 N–H and O–H groups in total. The molecule has 0 amide bonds. The normalized spacial score (nSPS) is 57.9. The Morgan fingerprint density at radius 2 is 1.91 bits per heavy atom. The van der Waals surface area contributed by atoms with Crippen molar-refractivity contribution in [3.63, 3.8) is 0 Å². The molecule has 1 saturated heterocycles. The van der Waals surface area contributed by atoms with Crippen LogP contribution in [0, 0.1) is 34.5 Å². The highest BCUT2D eigenvalue weighted by atomic mass is 16.6. The van der Waals surface area contributed by atoms with Gasteiger partial charge in [-0.2, -0.15) is 0 Å². The Hall–Kier alpha value is -0.810. The molecule has 9 nitrogen and oxygen atoms in total. The average Bonchev–Trinajstić information content (AvgIpc) is 3.24. The van der Waals surface area contributed by atoms with Crippen LogP contribution >= 0.6 is 0 Å². The molecule has 35 heavy (non-hydrogen) atoms. The first-order valence-corrected chi connectivity index (χ1v) is 13.2. The van der Waals surface area contributed by atoms with Crippen molar-refractivity contribution in [3.8, 4) is 0 Å². The number of likely N-dealkylation sites (tertiary alicyclic amines) is 1. The molecule has 1 heterocycles. The molecule has 6 rings (SSSR count). The van der Waals surface area contributed by atoms with Crippen LogP contribution in [0.25, 0.3) is 0 Å². The first kappa shape index (κ1) is 24.5. The highest BCUT2D eigenvalue weighted by molar-refractivity contribution is 5.67. The summed E-state index contributed by atoms with van der Waals surface area (Å²) in [6, 6.07) is -0.548. The van der Waals surface area contributed by atoms with E-state index in [2.05, 4.69) is 11.8 Å². The third kappa shape index (κ3) is 2.48. The Morgan fingerprint density at radius 1 is 1.17 bits per heavy atom. The van der Waals surface area contributed by atoms with E-state index in [-0.39, 0.29) is 36.4 Å². The summed E-state index contributed by atoms with van der Waals surface area (Å²) in [6.07, 6.45) is -0.00237. The van der Waals surface area contributed by atoms with Crippen molar-refractivity contribution < 1.29 is 39.1 Å². The molecular weight excluding hydrogens is 454 g/mol. The highest BCUT2D eigenvalue weighted by Crippen LogP contribution is 2.80. The van der Waals surface area contributed by atoms with Crippen LogP contribution in [0.5, 0.6) is 0 Å². The van der Waals surface area contributed by atoms with Gasteiger partial charge in [-0.3, -0.25) is 9.69 Å². The zero-order chi connectivity index (χ0) is 25.1. The number of ether oxygens (including phenoxy) is 4. The number of hydrogen-bond acceptors (Lipinski definition) is 9. The summed E-state index contributed by atoms with van der Waals surface area (Å²) in [5, 5.41) is 37.8. The van der Waals surface area contributed by atoms with Gasteiger partial charge in [-0.05, 0) is 31.7 Å². The Bertz CT molecular complexity index is 903. The first-order valence-electron chi connectivity index (χ1n) is 13.2. The van der Waals surface area contributed by atoms with Gasteiger partial charge >= 0.3 is 5.97 Å². The van der Waals surface area contributed by atoms with Crippen LogP contribution in [0.1, 0.15) is 39.5 Å². The topological polar surface area (TPSA) is 118 Å². The molecule has 7 bridgehead atoms. The zero-order valence-corrected chi connectivity index (χ0v) is 21.5. The minimum atomic E-state index is -1.79. The lowest BCUT2D eigenvalue weighted by molar-refractivity contribution is -0.318. The van der Waals surface area contributed by atoms with Gasteiger partial charge in [0.05, 0.1) is 31.0 Å². The van der Waals surface area contributed by atoms with Crippen LogP contribution in [0.2, 0.25) is 0 Å². The van der Waals surface area contributed by atoms with E-state index in [4.69, 9.17) is 18.9 Å². The van der Waals surface area contributed by atoms with E-state index in [1.54, 1.807) is 21.3 Å². The summed E-state index contributed by atoms with van der Waals surface area (Å²) >= 11 is 0. The van der Waals surface area contributed by atoms with E-state index in [1.807, 2.05) is 0 Å². The number of aliphatic hydroxyl groups excluding tert-OH is 1. The lowest BCUT2D eigenvalue weighted by atomic mass is 9.42. The number of piperidine rings is 1. The van der Waals surface area contributed by atoms with Gasteiger partial charge in [0, 0.05) is 69.8 Å². The van der Waals surface area contributed by atoms with Gasteiger partial charge in [-0.1, -0.05) is 6.92 Å². The van der Waals surface area contributed by atoms with Crippen molar-refractivity contribution in [2.24, 2.45) is 34.5 Å². The number of hydrogen-bond donors (Lipinski definition) is 3. The highest BCUT2D eigenvalue weighted by Gasteiger charge is 2.92. The summed E-state index contributed by atoms with van der Waals surface area (Å²) in [5.74, 6) is -1.27. The molecule has 0 aromatic heterocycles. The molecule has 5 aliphatic carbocycles. The fraction of sp³-hybridized carbons (Fsp3) is 0.962. The monoisotopic (exact) mass is 495 g/mol. The molecule has 1 aliphatic heterocycles. The van der Waals surface area contributed by atoms with E-state index >= 15 is 0 Å². The van der Waals surface area contributed by atoms with Gasteiger partial charge in [-0.25, -0.2) is 0 Å². The number of nitrogens with zero attached hydrogens (tertiary/aromatic N) is 1. The smallest absolute Gasteiger partial charge is 0.303 e. The Balaban J connectivity index is 1.68. The average molecular weight is 496 g/mol. The zero-order valence-electron chi connectivity index (χ0n) is 21.5. The van der Waals surface area contributed by atoms with Crippen molar-refractivity contribution in [1.29, 1.82) is 0 Å². The number of rotatable bonds is 6. The van der Waals surface area contributed by atoms with Crippen LogP contribution in [-0.4, -0.2) is 109 Å². The summed E-state index contributed by atoms with van der Waals surface area (Å²) in [5.41, 5.74) is -4.56. The molecule has 0 aromatic carbocycles. The number of carbonyl (C=O) groups excluding carboxylic acids is 1. The summed E-state index contributed by atoms with van der Waals surface area (Å²) < 4.78 is 23.8. The molecule has 6 fully saturated rings. The Morgan fingerprint density at radius 3 is 2.51 bits per heavy atom. The van der Waals surface area contributed by atoms with E-state index in [0.717, 1.165) is 6.42 Å². The van der Waals surface area contributed by atoms with E-state index < -0.39 is 52.2 Å². The maximum absolute atomic E-state index is 13.0. The largest absolute Gasteiger partial charge is 0.459 e. The second-order valence-electron chi connectivity index (χ2n) is 12.3. The Labute approximate surface area is 207 Å². The van der Waals surface area contributed by atoms with Gasteiger partial charge in [0.15, 0.2) is 0 Å². The SMILES string of the molecule is CCN1CC2(COC)CCC(O)C34C5CC6C(OC)CC(O)(C5C6OC)C(O)(C(OC(C)=O)C23)C14. The summed E-state index contributed by atoms with van der Waals surface area (Å²) in [6.45, 7) is 5.17. The lowest BCUT2D eigenvalue weighted by Crippen LogP contribution is -2.82. The van der Waals surface area contributed by atoms with Gasteiger partial charge in [0.1, 0.15) is 17.3 Å². The minimum absolute atomic E-state index is 0.0616. The Kier molecular flexibility index (Phi) is 5.34. The number of fused-ring (bicyclic) bond motifs is 2. The second kappa shape index (κ2) is 7.62. The molecular formula is C26H41NO8. The molecule has 0 aromatic rings. The summed E-state index contributed by atoms with van der Waals surface area (Å²) in [4.78, 5) is 14.8. The van der Waals surface area contributed by atoms with E-state index in [9.17, 15) is 20.1 Å². The number of aliphatic hydroxyl groups is 3. The van der Waals surface area contributed by atoms with Gasteiger partial charge in [0.25, 0.3) is 0 Å². The van der Waals surface area contributed by atoms with Crippen molar-refractivity contribution in [3.05, 3.63) is 0 Å². The van der Waals surface area contributed by atoms with Crippen molar-refractivity contribution in [1.82, 2.24) is 4.90 Å². The van der Waals surface area contributed by atoms with Gasteiger partial charge in [-0.15, -0.1) is 0 Å². The van der Waals surface area contributed by atoms with Crippen LogP contribution in [-0.2, 0) is 23.7 Å². The van der Waals surface area contributed by atoms with Crippen molar-refractivity contribution in [2.45, 2.75) is 81.2 Å². The second-order valence-corrected chi connectivity index (χ2v) is 12.3. The van der Waals surface area contributed by atoms with Crippen LogP contribution in [0.3, 0.4) is 0 Å². The minimum Gasteiger partial charge on any atom is -0.459 e. The molecule has 9 heteroatoms. The lowest BCUT2D eigenvalue weighted by Gasteiger charge is -2.69. The molecule has 5 saturated carbocycles. The summed E-state index contributed by atoms with van der Waals surface area (Å²) in [7, 11) is 4.98. The number of likely N-dealkylation sites (N-methyl/N-ethyl adjacent to an activating group) is 1. The van der Waals surface area contributed by atoms with Gasteiger partial charge in [0.2, 0.25) is 0 Å². The van der Waals surface area contributed by atoms with Crippen LogP contribution < -0.4 is 0 Å². The number of carbonyl (C=O) groups is 1. The quantitative estimate of drug-likeness (QED) is 0.444. The predicted molar refractivity (Wildman–Crippen MR) is 123 cm³/mol. The van der Waals surface area contributed by atoms with E-state index in [1.165, 1.54) is 6.92 Å². The third-order valence-electron chi connectivity index (χ3n) is 11.5. The number of esters is 1. The van der Waals surface area contributed by atoms with Crippen molar-refractivity contribution >= 4 is 5.97 Å². The van der Waals surface area contributed by atoms with Crippen LogP contribution in [0.15, 0.2) is 0 Å². The molecule has 198 valence electrons. The maximum atomic E-state index is 13.0. The third-order valence-corrected chi connectivity index (χ3v) is 11.5. The molecule has 1 spiro atoms. The fourth-order valence-corrected chi connectivity index (χ4v) is 11.0. The molecule has 0 radical (unpaired) electrons. The standard InChI is InChI=1S/C26H41NO8/c1-6-27-11-23(12-32-3)8-7-17(29)25-15-9-14-16(33-4)10-24(30,18(15)19(14)34-5)26(31,22(25)27)21(20(23)25)35-13(2)28/h14-22,29-31H,6-12H2,1-5H3. The van der Waals surface area contributed by atoms with E-state index in [0.29, 0.717) is 32.5 Å². The maximum Gasteiger partial charge on any atom is 0.303 e. The predicted octanol–water partition coefficient (Wildman–Crippen LogP) is 0.188. The number of methoxy groups -OCH3 is 3. The van der Waals surface area contributed by atoms with Gasteiger partial charge < -0.3 is 34.3 Å². The molecule has 6 aliphatic rings. The van der Waals surface area contributed by atoms with Crippen LogP contribution in [0.4, 0.5) is 0 Å². The molecule has 13 unspecified atom stereocenters. The fourth-order valence-electron chi connectivity index (χ4n) is 11.0. The first-order chi connectivity index (χ1) is 16.6. The molecule has 13 atom stereocenters. The van der Waals surface area contributed by atoms with Crippen molar-refractivity contribution in [2.75, 3.05) is 41.0 Å².